The standard InChI is InChI=1S/C13H20ClN3/c1-6-9(3)10(4)16-12(7-2)13-11(14)8-15-17(13)5/h7-9H,6H2,1-5H3. The highest BCUT2D eigenvalue weighted by Crippen LogP contribution is 2.24. The molecule has 0 aliphatic heterocycles. The molecule has 0 spiro atoms. The highest BCUT2D eigenvalue weighted by Gasteiger charge is 2.12. The predicted octanol–water partition coefficient (Wildman–Crippen LogP) is 3.94. The molecule has 0 saturated carbocycles. The fourth-order valence-corrected chi connectivity index (χ4v) is 1.81. The summed E-state index contributed by atoms with van der Waals surface area (Å²) in [5, 5.41) is 4.77. The number of aliphatic imine (C=N–C) groups is 1. The Bertz CT molecular complexity index is 424. The molecule has 94 valence electrons. The molecule has 0 aromatic carbocycles. The molecule has 0 amide bonds. The number of hydrogen-bond donors (Lipinski definition) is 0. The van der Waals surface area contributed by atoms with Gasteiger partial charge in [-0.25, -0.2) is 0 Å². The van der Waals surface area contributed by atoms with Crippen LogP contribution in [-0.4, -0.2) is 15.5 Å². The summed E-state index contributed by atoms with van der Waals surface area (Å²) < 4.78 is 1.76. The fourth-order valence-electron chi connectivity index (χ4n) is 1.55. The highest BCUT2D eigenvalue weighted by molar-refractivity contribution is 6.32. The lowest BCUT2D eigenvalue weighted by atomic mass is 10.0. The summed E-state index contributed by atoms with van der Waals surface area (Å²) in [6.07, 6.45) is 4.70. The maximum atomic E-state index is 6.12. The molecule has 0 bridgehead atoms. The van der Waals surface area contributed by atoms with Crippen molar-refractivity contribution in [3.05, 3.63) is 23.0 Å². The maximum absolute atomic E-state index is 6.12. The van der Waals surface area contributed by atoms with E-state index in [2.05, 4.69) is 30.9 Å². The minimum atomic E-state index is 0.483. The van der Waals surface area contributed by atoms with Crippen LogP contribution in [0.15, 0.2) is 17.3 Å². The van der Waals surface area contributed by atoms with E-state index >= 15 is 0 Å². The lowest BCUT2D eigenvalue weighted by molar-refractivity contribution is 0.734. The molecule has 0 saturated heterocycles. The van der Waals surface area contributed by atoms with Crippen LogP contribution < -0.4 is 0 Å². The summed E-state index contributed by atoms with van der Waals surface area (Å²) in [6, 6.07) is 0. The second-order valence-corrected chi connectivity index (χ2v) is 4.61. The molecule has 1 rings (SSSR count). The third-order valence-electron chi connectivity index (χ3n) is 3.03. The largest absolute Gasteiger partial charge is 0.265 e. The Morgan fingerprint density at radius 2 is 2.29 bits per heavy atom. The zero-order chi connectivity index (χ0) is 13.0. The molecule has 1 aromatic heterocycles. The van der Waals surface area contributed by atoms with E-state index in [4.69, 9.17) is 11.6 Å². The number of aryl methyl sites for hydroxylation is 1. The molecular formula is C13H20ClN3. The number of allylic oxidation sites excluding steroid dienone is 1. The number of nitrogens with zero attached hydrogens (tertiary/aromatic N) is 3. The van der Waals surface area contributed by atoms with Crippen LogP contribution >= 0.6 is 11.6 Å². The van der Waals surface area contributed by atoms with Gasteiger partial charge in [0.25, 0.3) is 0 Å². The first-order valence-corrected chi connectivity index (χ1v) is 6.28. The molecule has 3 nitrogen and oxygen atoms in total. The SMILES string of the molecule is CC=C(N=C(C)C(C)CC)c1c(Cl)cnn1C. The molecule has 1 heterocycles. The van der Waals surface area contributed by atoms with E-state index in [-0.39, 0.29) is 0 Å². The Labute approximate surface area is 108 Å². The zero-order valence-corrected chi connectivity index (χ0v) is 11.9. The second kappa shape index (κ2) is 6.01. The van der Waals surface area contributed by atoms with Crippen LogP contribution in [-0.2, 0) is 7.05 Å². The average Bonchev–Trinajstić information content (AvgIpc) is 2.65. The monoisotopic (exact) mass is 253 g/mol. The molecule has 0 N–H and O–H groups in total. The normalized spacial score (nSPS) is 15.2. The third-order valence-corrected chi connectivity index (χ3v) is 3.31. The third kappa shape index (κ3) is 3.19. The van der Waals surface area contributed by atoms with Crippen molar-refractivity contribution in [2.75, 3.05) is 0 Å². The number of halogens is 1. The van der Waals surface area contributed by atoms with Crippen molar-refractivity contribution < 1.29 is 0 Å². The molecular weight excluding hydrogens is 234 g/mol. The summed E-state index contributed by atoms with van der Waals surface area (Å²) in [5.41, 5.74) is 2.88. The van der Waals surface area contributed by atoms with Crippen molar-refractivity contribution in [2.45, 2.75) is 34.1 Å². The predicted molar refractivity (Wildman–Crippen MR) is 74.4 cm³/mol. The first-order valence-electron chi connectivity index (χ1n) is 5.90. The fraction of sp³-hybridized carbons (Fsp3) is 0.538. The minimum absolute atomic E-state index is 0.483. The Balaban J connectivity index is 3.11. The first-order chi connectivity index (χ1) is 8.01. The van der Waals surface area contributed by atoms with Gasteiger partial charge in [-0.3, -0.25) is 9.67 Å². The Kier molecular flexibility index (Phi) is 4.94. The van der Waals surface area contributed by atoms with Crippen LogP contribution in [0.1, 0.15) is 39.8 Å². The van der Waals surface area contributed by atoms with Crippen molar-refractivity contribution in [2.24, 2.45) is 18.0 Å². The Morgan fingerprint density at radius 1 is 1.65 bits per heavy atom. The second-order valence-electron chi connectivity index (χ2n) is 4.20. The number of hydrogen-bond acceptors (Lipinski definition) is 2. The molecule has 1 atom stereocenters. The van der Waals surface area contributed by atoms with Gasteiger partial charge >= 0.3 is 0 Å². The summed E-state index contributed by atoms with van der Waals surface area (Å²) in [5.74, 6) is 0.483. The van der Waals surface area contributed by atoms with Crippen LogP contribution in [0.5, 0.6) is 0 Å². The summed E-state index contributed by atoms with van der Waals surface area (Å²) in [4.78, 5) is 4.66. The van der Waals surface area contributed by atoms with E-state index in [0.717, 1.165) is 23.5 Å². The molecule has 0 fully saturated rings. The van der Waals surface area contributed by atoms with Crippen LogP contribution in [0.25, 0.3) is 5.70 Å². The van der Waals surface area contributed by atoms with Crippen molar-refractivity contribution in [3.63, 3.8) is 0 Å². The summed E-state index contributed by atoms with van der Waals surface area (Å²) in [6.45, 7) is 8.36. The van der Waals surface area contributed by atoms with Gasteiger partial charge in [-0.05, 0) is 26.2 Å². The maximum Gasteiger partial charge on any atom is 0.105 e. The molecule has 0 radical (unpaired) electrons. The van der Waals surface area contributed by atoms with Gasteiger partial charge in [-0.2, -0.15) is 5.10 Å². The van der Waals surface area contributed by atoms with Crippen molar-refractivity contribution in [1.29, 1.82) is 0 Å². The smallest absolute Gasteiger partial charge is 0.105 e. The Morgan fingerprint density at radius 3 is 2.71 bits per heavy atom. The van der Waals surface area contributed by atoms with Gasteiger partial charge in [0, 0.05) is 12.8 Å². The lowest BCUT2D eigenvalue weighted by Gasteiger charge is -2.10. The van der Waals surface area contributed by atoms with Crippen LogP contribution in [0, 0.1) is 5.92 Å². The highest BCUT2D eigenvalue weighted by atomic mass is 35.5. The van der Waals surface area contributed by atoms with E-state index in [1.165, 1.54) is 0 Å². The number of rotatable bonds is 4. The van der Waals surface area contributed by atoms with Gasteiger partial charge in [0.2, 0.25) is 0 Å². The Hall–Kier alpha value is -1.09. The van der Waals surface area contributed by atoms with Crippen molar-refractivity contribution in [1.82, 2.24) is 9.78 Å². The van der Waals surface area contributed by atoms with Gasteiger partial charge < -0.3 is 0 Å². The van der Waals surface area contributed by atoms with E-state index in [0.29, 0.717) is 10.9 Å². The van der Waals surface area contributed by atoms with E-state index in [1.54, 1.807) is 10.9 Å². The molecule has 0 aliphatic rings. The zero-order valence-electron chi connectivity index (χ0n) is 11.2. The topological polar surface area (TPSA) is 30.2 Å². The quantitative estimate of drug-likeness (QED) is 0.748. The lowest BCUT2D eigenvalue weighted by Crippen LogP contribution is -2.06. The van der Waals surface area contributed by atoms with Gasteiger partial charge in [0.1, 0.15) is 5.69 Å². The van der Waals surface area contributed by atoms with Gasteiger partial charge in [-0.15, -0.1) is 0 Å². The van der Waals surface area contributed by atoms with E-state index in [9.17, 15) is 0 Å². The number of aromatic nitrogens is 2. The summed E-state index contributed by atoms with van der Waals surface area (Å²) in [7, 11) is 1.87. The summed E-state index contributed by atoms with van der Waals surface area (Å²) >= 11 is 6.12. The minimum Gasteiger partial charge on any atom is -0.265 e. The van der Waals surface area contributed by atoms with Gasteiger partial charge in [0.15, 0.2) is 0 Å². The molecule has 1 aromatic rings. The van der Waals surface area contributed by atoms with E-state index < -0.39 is 0 Å². The van der Waals surface area contributed by atoms with Crippen molar-refractivity contribution in [3.8, 4) is 0 Å². The average molecular weight is 254 g/mol. The van der Waals surface area contributed by atoms with Crippen LogP contribution in [0.3, 0.4) is 0 Å². The molecule has 17 heavy (non-hydrogen) atoms. The van der Waals surface area contributed by atoms with Crippen LogP contribution in [0.4, 0.5) is 0 Å². The first kappa shape index (κ1) is 14.0. The van der Waals surface area contributed by atoms with E-state index in [1.807, 2.05) is 20.0 Å². The van der Waals surface area contributed by atoms with Gasteiger partial charge in [0.05, 0.1) is 16.9 Å². The van der Waals surface area contributed by atoms with Crippen molar-refractivity contribution >= 4 is 23.0 Å². The molecule has 4 heteroatoms. The molecule has 1 unspecified atom stereocenters. The molecule has 0 aliphatic carbocycles. The van der Waals surface area contributed by atoms with Gasteiger partial charge in [-0.1, -0.05) is 31.5 Å². The van der Waals surface area contributed by atoms with Crippen LogP contribution in [0.2, 0.25) is 5.02 Å².